The fraction of sp³-hybridized carbons (Fsp3) is 0.375. The zero-order valence-corrected chi connectivity index (χ0v) is 7.65. The normalized spacial score (nSPS) is 11.7. The van der Waals surface area contributed by atoms with Gasteiger partial charge in [0.15, 0.2) is 0 Å². The van der Waals surface area contributed by atoms with E-state index in [1.54, 1.807) is 0 Å². The maximum atomic E-state index is 11.0. The summed E-state index contributed by atoms with van der Waals surface area (Å²) >= 11 is 0. The molecule has 0 saturated heterocycles. The summed E-state index contributed by atoms with van der Waals surface area (Å²) < 4.78 is 1.32. The lowest BCUT2D eigenvalue weighted by atomic mass is 10.3. The number of carbonyl (C=O) groups is 1. The molecule has 0 aliphatic heterocycles. The molecule has 1 amide bonds. The molecule has 74 valence electrons. The van der Waals surface area contributed by atoms with Gasteiger partial charge in [0.05, 0.1) is 12.6 Å². The Balaban J connectivity index is 2.67. The highest BCUT2D eigenvalue weighted by Gasteiger charge is 2.09. The largest absolute Gasteiger partial charge is 0.339 e. The van der Waals surface area contributed by atoms with Crippen LogP contribution in [0.25, 0.3) is 0 Å². The van der Waals surface area contributed by atoms with Gasteiger partial charge in [-0.3, -0.25) is 9.36 Å². The average molecular weight is 194 g/mol. The van der Waals surface area contributed by atoms with Crippen molar-refractivity contribution in [3.05, 3.63) is 22.9 Å². The molecule has 14 heavy (non-hydrogen) atoms. The third-order valence-corrected chi connectivity index (χ3v) is 1.63. The Morgan fingerprint density at radius 1 is 1.86 bits per heavy atom. The van der Waals surface area contributed by atoms with Gasteiger partial charge in [0.25, 0.3) is 0 Å². The molecule has 0 saturated carbocycles. The summed E-state index contributed by atoms with van der Waals surface area (Å²) in [6.07, 6.45) is 3.00. The number of amides is 1. The molecular formula is C8H10N4O2. The topological polar surface area (TPSA) is 90.7 Å². The summed E-state index contributed by atoms with van der Waals surface area (Å²) in [5.74, 6) is -0.292. The SMILES string of the molecule is CC(=O)N[C@H](C#N)Cn1cc[nH]c1=O. The van der Waals surface area contributed by atoms with Crippen molar-refractivity contribution in [2.24, 2.45) is 0 Å². The third-order valence-electron chi connectivity index (χ3n) is 1.63. The maximum absolute atomic E-state index is 11.0. The highest BCUT2D eigenvalue weighted by molar-refractivity contribution is 5.73. The Morgan fingerprint density at radius 3 is 3.00 bits per heavy atom. The van der Waals surface area contributed by atoms with E-state index in [9.17, 15) is 9.59 Å². The number of rotatable bonds is 3. The first-order chi connectivity index (χ1) is 6.63. The Morgan fingerprint density at radius 2 is 2.57 bits per heavy atom. The van der Waals surface area contributed by atoms with Crippen molar-refractivity contribution in [1.82, 2.24) is 14.9 Å². The van der Waals surface area contributed by atoms with Crippen molar-refractivity contribution < 1.29 is 4.79 Å². The molecule has 1 aromatic rings. The molecule has 0 spiro atoms. The maximum Gasteiger partial charge on any atom is 0.325 e. The second kappa shape index (κ2) is 4.28. The molecule has 0 fully saturated rings. The van der Waals surface area contributed by atoms with Gasteiger partial charge in [0, 0.05) is 19.3 Å². The molecule has 1 rings (SSSR count). The van der Waals surface area contributed by atoms with Crippen LogP contribution >= 0.6 is 0 Å². The van der Waals surface area contributed by atoms with Crippen LogP contribution in [0.15, 0.2) is 17.2 Å². The van der Waals surface area contributed by atoms with E-state index in [-0.39, 0.29) is 18.1 Å². The number of imidazole rings is 1. The van der Waals surface area contributed by atoms with Crippen molar-refractivity contribution in [3.63, 3.8) is 0 Å². The fourth-order valence-electron chi connectivity index (χ4n) is 1.05. The molecular weight excluding hydrogens is 184 g/mol. The van der Waals surface area contributed by atoms with E-state index < -0.39 is 6.04 Å². The molecule has 2 N–H and O–H groups in total. The lowest BCUT2D eigenvalue weighted by molar-refractivity contribution is -0.119. The van der Waals surface area contributed by atoms with Crippen LogP contribution in [0.2, 0.25) is 0 Å². The monoisotopic (exact) mass is 194 g/mol. The summed E-state index contributed by atoms with van der Waals surface area (Å²) in [6.45, 7) is 1.47. The molecule has 0 radical (unpaired) electrons. The quantitative estimate of drug-likeness (QED) is 0.660. The highest BCUT2D eigenvalue weighted by atomic mass is 16.2. The van der Waals surface area contributed by atoms with E-state index in [0.29, 0.717) is 0 Å². The minimum Gasteiger partial charge on any atom is -0.339 e. The number of hydrogen-bond acceptors (Lipinski definition) is 3. The first-order valence-electron chi connectivity index (χ1n) is 4.04. The van der Waals surface area contributed by atoms with E-state index in [1.165, 1.54) is 23.9 Å². The molecule has 0 aliphatic rings. The molecule has 6 nitrogen and oxygen atoms in total. The molecule has 1 heterocycles. The Kier molecular flexibility index (Phi) is 3.07. The summed E-state index contributed by atoms with van der Waals surface area (Å²) in [5.41, 5.74) is -0.296. The van der Waals surface area contributed by atoms with Crippen LogP contribution in [0.1, 0.15) is 6.92 Å². The number of nitrogens with one attached hydrogen (secondary N) is 2. The van der Waals surface area contributed by atoms with Crippen molar-refractivity contribution in [3.8, 4) is 6.07 Å². The van der Waals surface area contributed by atoms with Crippen molar-refractivity contribution >= 4 is 5.91 Å². The first-order valence-corrected chi connectivity index (χ1v) is 4.04. The summed E-state index contributed by atoms with van der Waals surface area (Å²) in [6, 6.07) is 1.21. The average Bonchev–Trinajstić information content (AvgIpc) is 2.50. The predicted octanol–water partition coefficient (Wildman–Crippen LogP) is -0.795. The van der Waals surface area contributed by atoms with Gasteiger partial charge >= 0.3 is 5.69 Å². The van der Waals surface area contributed by atoms with E-state index in [4.69, 9.17) is 5.26 Å². The number of hydrogen-bond donors (Lipinski definition) is 2. The van der Waals surface area contributed by atoms with Gasteiger partial charge in [-0.15, -0.1) is 0 Å². The van der Waals surface area contributed by atoms with Crippen LogP contribution in [0, 0.1) is 11.3 Å². The standard InChI is InChI=1S/C8H10N4O2/c1-6(13)11-7(4-9)5-12-3-2-10-8(12)14/h2-3,7H,5H2,1H3,(H,10,14)(H,11,13)/t7-/m1/s1. The van der Waals surface area contributed by atoms with Crippen LogP contribution in [0.5, 0.6) is 0 Å². The van der Waals surface area contributed by atoms with Crippen LogP contribution in [0.4, 0.5) is 0 Å². The molecule has 0 aliphatic carbocycles. The first kappa shape index (κ1) is 10.1. The number of H-pyrrole nitrogens is 1. The zero-order valence-electron chi connectivity index (χ0n) is 7.65. The summed E-state index contributed by atoms with van der Waals surface area (Å²) in [5, 5.41) is 11.1. The van der Waals surface area contributed by atoms with Gasteiger partial charge in [0.1, 0.15) is 6.04 Å². The van der Waals surface area contributed by atoms with Gasteiger partial charge in [-0.25, -0.2) is 4.79 Å². The summed E-state index contributed by atoms with van der Waals surface area (Å²) in [7, 11) is 0. The molecule has 0 aromatic carbocycles. The predicted molar refractivity (Wildman–Crippen MR) is 48.3 cm³/mol. The zero-order chi connectivity index (χ0) is 10.6. The second-order valence-electron chi connectivity index (χ2n) is 2.80. The third kappa shape index (κ3) is 2.48. The molecule has 0 bridgehead atoms. The van der Waals surface area contributed by atoms with Gasteiger partial charge in [-0.2, -0.15) is 5.26 Å². The number of aromatic amines is 1. The van der Waals surface area contributed by atoms with Crippen LogP contribution in [-0.2, 0) is 11.3 Å². The van der Waals surface area contributed by atoms with Gasteiger partial charge < -0.3 is 10.3 Å². The molecule has 1 atom stereocenters. The van der Waals surface area contributed by atoms with Crippen molar-refractivity contribution in [2.75, 3.05) is 0 Å². The fourth-order valence-corrected chi connectivity index (χ4v) is 1.05. The van der Waals surface area contributed by atoms with E-state index in [1.807, 2.05) is 6.07 Å². The van der Waals surface area contributed by atoms with Crippen molar-refractivity contribution in [2.45, 2.75) is 19.5 Å². The molecule has 1 aromatic heterocycles. The Bertz CT molecular complexity index is 411. The van der Waals surface area contributed by atoms with Crippen LogP contribution in [0.3, 0.4) is 0 Å². The van der Waals surface area contributed by atoms with Crippen LogP contribution in [-0.4, -0.2) is 21.5 Å². The lowest BCUT2D eigenvalue weighted by Gasteiger charge is -2.09. The lowest BCUT2D eigenvalue weighted by Crippen LogP contribution is -2.37. The smallest absolute Gasteiger partial charge is 0.325 e. The number of aromatic nitrogens is 2. The summed E-state index contributed by atoms with van der Waals surface area (Å²) in [4.78, 5) is 24.1. The Hall–Kier alpha value is -2.03. The molecule has 0 unspecified atom stereocenters. The van der Waals surface area contributed by atoms with Gasteiger partial charge in [0.2, 0.25) is 5.91 Å². The van der Waals surface area contributed by atoms with Gasteiger partial charge in [-0.05, 0) is 0 Å². The minimum atomic E-state index is -0.680. The number of carbonyl (C=O) groups excluding carboxylic acids is 1. The second-order valence-corrected chi connectivity index (χ2v) is 2.80. The van der Waals surface area contributed by atoms with Gasteiger partial charge in [-0.1, -0.05) is 0 Å². The van der Waals surface area contributed by atoms with E-state index >= 15 is 0 Å². The molecule has 6 heteroatoms. The van der Waals surface area contributed by atoms with E-state index in [0.717, 1.165) is 0 Å². The van der Waals surface area contributed by atoms with Crippen molar-refractivity contribution in [1.29, 1.82) is 5.26 Å². The Labute approximate surface area is 80.2 Å². The number of nitriles is 1. The highest BCUT2D eigenvalue weighted by Crippen LogP contribution is 1.87. The van der Waals surface area contributed by atoms with E-state index in [2.05, 4.69) is 10.3 Å². The minimum absolute atomic E-state index is 0.151. The van der Waals surface area contributed by atoms with Crippen LogP contribution < -0.4 is 11.0 Å². The number of nitrogens with zero attached hydrogens (tertiary/aromatic N) is 2.